The first-order chi connectivity index (χ1) is 13.1. The van der Waals surface area contributed by atoms with Crippen LogP contribution in [0.15, 0.2) is 53.4 Å². The quantitative estimate of drug-likeness (QED) is 0.386. The van der Waals surface area contributed by atoms with Crippen LogP contribution in [-0.2, 0) is 11.2 Å². The molecule has 3 rings (SSSR count). The molecule has 1 aliphatic heterocycles. The first-order valence-electron chi connectivity index (χ1n) is 8.23. The van der Waals surface area contributed by atoms with E-state index in [1.54, 1.807) is 23.1 Å². The van der Waals surface area contributed by atoms with Gasteiger partial charge >= 0.3 is 0 Å². The van der Waals surface area contributed by atoms with E-state index in [0.29, 0.717) is 26.5 Å². The van der Waals surface area contributed by atoms with Crippen molar-refractivity contribution < 1.29 is 9.53 Å². The maximum absolute atomic E-state index is 12.7. The molecule has 1 heterocycles. The summed E-state index contributed by atoms with van der Waals surface area (Å²) in [6.07, 6.45) is 7.73. The second-order valence-electron chi connectivity index (χ2n) is 5.75. The molecular weight excluding hydrogens is 398 g/mol. The molecule has 1 fully saturated rings. The van der Waals surface area contributed by atoms with Crippen LogP contribution in [-0.4, -0.2) is 28.3 Å². The number of thiocarbonyl (C=S) groups is 1. The molecule has 1 saturated heterocycles. The zero-order valence-electron chi connectivity index (χ0n) is 14.4. The molecule has 0 bridgehead atoms. The molecule has 0 N–H and O–H groups in total. The lowest BCUT2D eigenvalue weighted by molar-refractivity contribution is -0.122. The van der Waals surface area contributed by atoms with E-state index in [0.717, 1.165) is 12.0 Å². The standard InChI is InChI=1S/C21H16ClNO2S2/c1-2-12-25-18-9-8-16(13-17(18)22)14-19-20(24)23(21(26)27-19)11-10-15-6-4-3-5-7-15/h1,3-9,13-14H,10-12H2. The molecule has 27 heavy (non-hydrogen) atoms. The molecule has 136 valence electrons. The fraction of sp³-hybridized carbons (Fsp3) is 0.143. The average Bonchev–Trinajstić information content (AvgIpc) is 2.93. The lowest BCUT2D eigenvalue weighted by atomic mass is 10.1. The predicted molar refractivity (Wildman–Crippen MR) is 116 cm³/mol. The Morgan fingerprint density at radius 2 is 2.04 bits per heavy atom. The van der Waals surface area contributed by atoms with E-state index in [-0.39, 0.29) is 12.5 Å². The van der Waals surface area contributed by atoms with Crippen molar-refractivity contribution in [2.75, 3.05) is 13.2 Å². The molecule has 2 aromatic carbocycles. The highest BCUT2D eigenvalue weighted by molar-refractivity contribution is 8.26. The summed E-state index contributed by atoms with van der Waals surface area (Å²) in [5.41, 5.74) is 1.97. The Morgan fingerprint density at radius 1 is 1.26 bits per heavy atom. The maximum Gasteiger partial charge on any atom is 0.266 e. The van der Waals surface area contributed by atoms with Gasteiger partial charge in [0.1, 0.15) is 16.7 Å². The Morgan fingerprint density at radius 3 is 2.74 bits per heavy atom. The monoisotopic (exact) mass is 413 g/mol. The Labute approximate surface area is 173 Å². The van der Waals surface area contributed by atoms with Crippen molar-refractivity contribution in [2.45, 2.75) is 6.42 Å². The number of ether oxygens (including phenoxy) is 1. The van der Waals surface area contributed by atoms with Crippen LogP contribution in [0.2, 0.25) is 5.02 Å². The maximum atomic E-state index is 12.7. The topological polar surface area (TPSA) is 29.5 Å². The number of hydrogen-bond acceptors (Lipinski definition) is 4. The van der Waals surface area contributed by atoms with E-state index in [9.17, 15) is 4.79 Å². The van der Waals surface area contributed by atoms with Crippen molar-refractivity contribution in [1.82, 2.24) is 4.90 Å². The first-order valence-corrected chi connectivity index (χ1v) is 9.84. The van der Waals surface area contributed by atoms with Crippen LogP contribution in [0.3, 0.4) is 0 Å². The van der Waals surface area contributed by atoms with Crippen molar-refractivity contribution in [3.05, 3.63) is 69.6 Å². The lowest BCUT2D eigenvalue weighted by Gasteiger charge is -2.14. The summed E-state index contributed by atoms with van der Waals surface area (Å²) in [5, 5.41) is 0.443. The molecule has 0 radical (unpaired) electrons. The molecule has 0 saturated carbocycles. The van der Waals surface area contributed by atoms with Crippen molar-refractivity contribution in [3.63, 3.8) is 0 Å². The van der Waals surface area contributed by atoms with Gasteiger partial charge in [-0.25, -0.2) is 0 Å². The fourth-order valence-corrected chi connectivity index (χ4v) is 4.13. The number of halogens is 1. The zero-order valence-corrected chi connectivity index (χ0v) is 16.7. The molecule has 6 heteroatoms. The number of thioether (sulfide) groups is 1. The van der Waals surface area contributed by atoms with Crippen molar-refractivity contribution in [1.29, 1.82) is 0 Å². The number of carbonyl (C=O) groups excluding carboxylic acids is 1. The second kappa shape index (κ2) is 9.09. The molecule has 0 aromatic heterocycles. The van der Waals surface area contributed by atoms with Gasteiger partial charge in [0, 0.05) is 6.54 Å². The van der Waals surface area contributed by atoms with Gasteiger partial charge in [0.15, 0.2) is 0 Å². The first kappa shape index (κ1) is 19.5. The van der Waals surface area contributed by atoms with E-state index in [2.05, 4.69) is 5.92 Å². The highest BCUT2D eigenvalue weighted by atomic mass is 35.5. The van der Waals surface area contributed by atoms with Crippen molar-refractivity contribution >= 4 is 51.9 Å². The molecule has 2 aromatic rings. The van der Waals surface area contributed by atoms with Gasteiger partial charge in [0.2, 0.25) is 0 Å². The molecule has 1 amide bonds. The van der Waals surface area contributed by atoms with Crippen LogP contribution >= 0.6 is 35.6 Å². The number of hydrogen-bond donors (Lipinski definition) is 0. The fourth-order valence-electron chi connectivity index (χ4n) is 2.57. The van der Waals surface area contributed by atoms with Gasteiger partial charge < -0.3 is 4.74 Å². The molecule has 0 unspecified atom stereocenters. The normalized spacial score (nSPS) is 15.3. The number of rotatable bonds is 6. The highest BCUT2D eigenvalue weighted by Crippen LogP contribution is 2.34. The van der Waals surface area contributed by atoms with Crippen LogP contribution in [0.4, 0.5) is 0 Å². The van der Waals surface area contributed by atoms with Gasteiger partial charge in [-0.3, -0.25) is 9.69 Å². The molecule has 1 aliphatic rings. The summed E-state index contributed by atoms with van der Waals surface area (Å²) in [5.74, 6) is 2.83. The van der Waals surface area contributed by atoms with Crippen LogP contribution in [0.25, 0.3) is 6.08 Å². The summed E-state index contributed by atoms with van der Waals surface area (Å²) in [7, 11) is 0. The largest absolute Gasteiger partial charge is 0.479 e. The molecular formula is C21H16ClNO2S2. The van der Waals surface area contributed by atoms with E-state index in [1.807, 2.05) is 36.4 Å². The summed E-state index contributed by atoms with van der Waals surface area (Å²) < 4.78 is 5.92. The Kier molecular flexibility index (Phi) is 6.57. The molecule has 0 atom stereocenters. The van der Waals surface area contributed by atoms with Gasteiger partial charge in [0.25, 0.3) is 5.91 Å². The molecule has 0 aliphatic carbocycles. The van der Waals surface area contributed by atoms with Gasteiger partial charge in [-0.15, -0.1) is 6.42 Å². The van der Waals surface area contributed by atoms with Crippen LogP contribution < -0.4 is 4.74 Å². The number of amides is 1. The summed E-state index contributed by atoms with van der Waals surface area (Å²) in [6, 6.07) is 15.3. The minimum atomic E-state index is -0.0790. The Bertz CT molecular complexity index is 935. The number of benzene rings is 2. The second-order valence-corrected chi connectivity index (χ2v) is 7.83. The van der Waals surface area contributed by atoms with Crippen LogP contribution in [0.1, 0.15) is 11.1 Å². The van der Waals surface area contributed by atoms with Gasteiger partial charge in [-0.05, 0) is 35.8 Å². The van der Waals surface area contributed by atoms with E-state index in [4.69, 9.17) is 35.0 Å². The van der Waals surface area contributed by atoms with Crippen LogP contribution in [0.5, 0.6) is 5.75 Å². The van der Waals surface area contributed by atoms with Gasteiger partial charge in [-0.2, -0.15) is 0 Å². The summed E-state index contributed by atoms with van der Waals surface area (Å²) in [6.45, 7) is 0.713. The lowest BCUT2D eigenvalue weighted by Crippen LogP contribution is -2.30. The third-order valence-corrected chi connectivity index (χ3v) is 5.58. The third-order valence-electron chi connectivity index (χ3n) is 3.91. The van der Waals surface area contributed by atoms with Crippen molar-refractivity contribution in [2.24, 2.45) is 0 Å². The average molecular weight is 414 g/mol. The zero-order chi connectivity index (χ0) is 19.2. The minimum Gasteiger partial charge on any atom is -0.479 e. The Balaban J connectivity index is 1.70. The SMILES string of the molecule is C#CCOc1ccc(C=C2SC(=S)N(CCc3ccccc3)C2=O)cc1Cl. The summed E-state index contributed by atoms with van der Waals surface area (Å²) >= 11 is 12.9. The van der Waals surface area contributed by atoms with E-state index >= 15 is 0 Å². The number of nitrogens with zero attached hydrogens (tertiary/aromatic N) is 1. The molecule has 0 spiro atoms. The highest BCUT2D eigenvalue weighted by Gasteiger charge is 2.31. The summed E-state index contributed by atoms with van der Waals surface area (Å²) in [4.78, 5) is 14.9. The third kappa shape index (κ3) is 4.92. The smallest absolute Gasteiger partial charge is 0.266 e. The van der Waals surface area contributed by atoms with E-state index < -0.39 is 0 Å². The predicted octanol–water partition coefficient (Wildman–Crippen LogP) is 4.80. The minimum absolute atomic E-state index is 0.0790. The number of terminal acetylenes is 1. The number of carbonyl (C=O) groups is 1. The Hall–Kier alpha value is -2.26. The van der Waals surface area contributed by atoms with Crippen molar-refractivity contribution in [3.8, 4) is 18.1 Å². The van der Waals surface area contributed by atoms with Gasteiger partial charge in [0.05, 0.1) is 9.93 Å². The van der Waals surface area contributed by atoms with E-state index in [1.165, 1.54) is 17.3 Å². The molecule has 3 nitrogen and oxygen atoms in total. The van der Waals surface area contributed by atoms with Crippen LogP contribution in [0, 0.1) is 12.3 Å². The van der Waals surface area contributed by atoms with Gasteiger partial charge in [-0.1, -0.05) is 77.9 Å².